The van der Waals surface area contributed by atoms with Crippen molar-refractivity contribution in [3.05, 3.63) is 69.2 Å². The zero-order chi connectivity index (χ0) is 14.0. The second-order valence-electron chi connectivity index (χ2n) is 4.30. The van der Waals surface area contributed by atoms with Crippen molar-refractivity contribution in [2.45, 2.75) is 13.0 Å². The quantitative estimate of drug-likeness (QED) is 0.668. The van der Waals surface area contributed by atoms with Gasteiger partial charge in [-0.1, -0.05) is 18.2 Å². The number of hydrogen-bond donors (Lipinski definition) is 2. The van der Waals surface area contributed by atoms with Crippen molar-refractivity contribution >= 4 is 15.9 Å². The summed E-state index contributed by atoms with van der Waals surface area (Å²) in [5, 5.41) is 0. The third-order valence-corrected chi connectivity index (χ3v) is 3.47. The second-order valence-corrected chi connectivity index (χ2v) is 5.16. The van der Waals surface area contributed by atoms with Gasteiger partial charge in [0.15, 0.2) is 0 Å². The smallest absolute Gasteiger partial charge is 0.142 e. The van der Waals surface area contributed by atoms with Gasteiger partial charge in [-0.25, -0.2) is 14.2 Å². The topological polar surface area (TPSA) is 38.0 Å². The van der Waals surface area contributed by atoms with Gasteiger partial charge < -0.3 is 0 Å². The summed E-state index contributed by atoms with van der Waals surface area (Å²) in [4.78, 5) is 0. The molecule has 19 heavy (non-hydrogen) atoms. The lowest BCUT2D eigenvalue weighted by atomic mass is 9.97. The number of aryl methyl sites for hydroxylation is 1. The molecule has 0 fully saturated rings. The van der Waals surface area contributed by atoms with Crippen molar-refractivity contribution in [2.24, 2.45) is 5.84 Å². The van der Waals surface area contributed by atoms with E-state index in [1.807, 2.05) is 0 Å². The SMILES string of the molecule is Cc1cc(F)cc(C(NN)c2cccc(Br)c2F)c1. The van der Waals surface area contributed by atoms with Crippen LogP contribution in [0.25, 0.3) is 0 Å². The normalized spacial score (nSPS) is 12.5. The third-order valence-electron chi connectivity index (χ3n) is 2.86. The molecule has 1 unspecified atom stereocenters. The van der Waals surface area contributed by atoms with Crippen LogP contribution in [0.15, 0.2) is 40.9 Å². The Balaban J connectivity index is 2.53. The van der Waals surface area contributed by atoms with Crippen molar-refractivity contribution < 1.29 is 8.78 Å². The van der Waals surface area contributed by atoms with Gasteiger partial charge in [0.05, 0.1) is 10.5 Å². The number of rotatable bonds is 3. The predicted molar refractivity (Wildman–Crippen MR) is 74.4 cm³/mol. The predicted octanol–water partition coefficient (Wildman–Crippen LogP) is 3.59. The minimum absolute atomic E-state index is 0.346. The van der Waals surface area contributed by atoms with E-state index in [0.29, 0.717) is 15.6 Å². The first kappa shape index (κ1) is 14.1. The number of benzene rings is 2. The lowest BCUT2D eigenvalue weighted by Crippen LogP contribution is -2.29. The highest BCUT2D eigenvalue weighted by molar-refractivity contribution is 9.10. The van der Waals surface area contributed by atoms with Crippen LogP contribution in [-0.2, 0) is 0 Å². The summed E-state index contributed by atoms with van der Waals surface area (Å²) in [5.74, 6) is 4.72. The van der Waals surface area contributed by atoms with E-state index in [1.165, 1.54) is 12.1 Å². The monoisotopic (exact) mass is 326 g/mol. The molecule has 0 aromatic heterocycles. The van der Waals surface area contributed by atoms with E-state index in [9.17, 15) is 8.78 Å². The van der Waals surface area contributed by atoms with Crippen LogP contribution in [0.2, 0.25) is 0 Å². The van der Waals surface area contributed by atoms with Crippen molar-refractivity contribution in [1.82, 2.24) is 5.43 Å². The van der Waals surface area contributed by atoms with Crippen LogP contribution in [0.5, 0.6) is 0 Å². The first-order valence-electron chi connectivity index (χ1n) is 5.70. The Bertz CT molecular complexity index is 582. The fraction of sp³-hybridized carbons (Fsp3) is 0.143. The highest BCUT2D eigenvalue weighted by Crippen LogP contribution is 2.28. The molecule has 0 heterocycles. The van der Waals surface area contributed by atoms with Crippen molar-refractivity contribution in [1.29, 1.82) is 0 Å². The first-order valence-corrected chi connectivity index (χ1v) is 6.49. The molecule has 2 aromatic rings. The summed E-state index contributed by atoms with van der Waals surface area (Å²) in [7, 11) is 0. The van der Waals surface area contributed by atoms with Crippen LogP contribution in [0, 0.1) is 18.6 Å². The molecule has 2 nitrogen and oxygen atoms in total. The number of nitrogens with two attached hydrogens (primary N) is 1. The molecule has 0 spiro atoms. The van der Waals surface area contributed by atoms with E-state index in [0.717, 1.165) is 5.56 Å². The second kappa shape index (κ2) is 5.77. The van der Waals surface area contributed by atoms with Crippen molar-refractivity contribution in [3.63, 3.8) is 0 Å². The Labute approximate surface area is 118 Å². The van der Waals surface area contributed by atoms with E-state index in [-0.39, 0.29) is 5.82 Å². The van der Waals surface area contributed by atoms with Gasteiger partial charge in [-0.3, -0.25) is 5.84 Å². The molecule has 0 saturated heterocycles. The van der Waals surface area contributed by atoms with Gasteiger partial charge in [-0.05, 0) is 52.2 Å². The molecule has 2 aromatic carbocycles. The van der Waals surface area contributed by atoms with E-state index in [4.69, 9.17) is 5.84 Å². The molecule has 0 aliphatic carbocycles. The van der Waals surface area contributed by atoms with Crippen LogP contribution in [0.1, 0.15) is 22.7 Å². The van der Waals surface area contributed by atoms with Gasteiger partial charge in [-0.15, -0.1) is 0 Å². The highest BCUT2D eigenvalue weighted by atomic mass is 79.9. The van der Waals surface area contributed by atoms with Crippen molar-refractivity contribution in [3.8, 4) is 0 Å². The van der Waals surface area contributed by atoms with E-state index >= 15 is 0 Å². The fourth-order valence-corrected chi connectivity index (χ4v) is 2.42. The molecule has 3 N–H and O–H groups in total. The maximum absolute atomic E-state index is 14.1. The summed E-state index contributed by atoms with van der Waals surface area (Å²) < 4.78 is 27.9. The molecule has 0 radical (unpaired) electrons. The van der Waals surface area contributed by atoms with E-state index < -0.39 is 11.9 Å². The molecule has 0 aliphatic heterocycles. The molecule has 0 saturated carbocycles. The molecule has 2 rings (SSSR count). The summed E-state index contributed by atoms with van der Waals surface area (Å²) in [6.45, 7) is 1.78. The Morgan fingerprint density at radius 1 is 1.21 bits per heavy atom. The fourth-order valence-electron chi connectivity index (χ4n) is 2.04. The number of hydrogen-bond acceptors (Lipinski definition) is 2. The summed E-state index contributed by atoms with van der Waals surface area (Å²) in [5.41, 5.74) is 4.23. The number of halogens is 3. The lowest BCUT2D eigenvalue weighted by molar-refractivity contribution is 0.551. The van der Waals surface area contributed by atoms with E-state index in [2.05, 4.69) is 21.4 Å². The molecular formula is C14H13BrF2N2. The van der Waals surface area contributed by atoms with Gasteiger partial charge >= 0.3 is 0 Å². The number of hydrazine groups is 1. The maximum Gasteiger partial charge on any atom is 0.142 e. The Morgan fingerprint density at radius 3 is 2.58 bits per heavy atom. The summed E-state index contributed by atoms with van der Waals surface area (Å²) >= 11 is 3.13. The van der Waals surface area contributed by atoms with Gasteiger partial charge in [-0.2, -0.15) is 0 Å². The molecule has 0 bridgehead atoms. The molecule has 0 amide bonds. The minimum atomic E-state index is -0.605. The third kappa shape index (κ3) is 3.00. The van der Waals surface area contributed by atoms with Crippen LogP contribution in [0.4, 0.5) is 8.78 Å². The van der Waals surface area contributed by atoms with Crippen LogP contribution in [-0.4, -0.2) is 0 Å². The molecule has 100 valence electrons. The van der Waals surface area contributed by atoms with E-state index in [1.54, 1.807) is 31.2 Å². The largest absolute Gasteiger partial charge is 0.271 e. The summed E-state index contributed by atoms with van der Waals surface area (Å²) in [6.07, 6.45) is 0. The van der Waals surface area contributed by atoms with Crippen molar-refractivity contribution in [2.75, 3.05) is 0 Å². The highest BCUT2D eigenvalue weighted by Gasteiger charge is 2.18. The first-order chi connectivity index (χ1) is 9.02. The average molecular weight is 327 g/mol. The molecule has 5 heteroatoms. The standard InChI is InChI=1S/C14H13BrF2N2/c1-8-5-9(7-10(16)6-8)14(19-18)11-3-2-4-12(15)13(11)17/h2-7,14,19H,18H2,1H3. The Morgan fingerprint density at radius 2 is 1.95 bits per heavy atom. The van der Waals surface area contributed by atoms with Gasteiger partial charge in [0, 0.05) is 5.56 Å². The average Bonchev–Trinajstić information content (AvgIpc) is 2.34. The molecule has 0 aliphatic rings. The zero-order valence-electron chi connectivity index (χ0n) is 10.3. The van der Waals surface area contributed by atoms with Crippen LogP contribution in [0.3, 0.4) is 0 Å². The lowest BCUT2D eigenvalue weighted by Gasteiger charge is -2.18. The minimum Gasteiger partial charge on any atom is -0.271 e. The van der Waals surface area contributed by atoms with Gasteiger partial charge in [0.1, 0.15) is 11.6 Å². The maximum atomic E-state index is 14.1. The van der Waals surface area contributed by atoms with Crippen LogP contribution >= 0.6 is 15.9 Å². The summed E-state index contributed by atoms with van der Waals surface area (Å²) in [6, 6.07) is 8.85. The Kier molecular flexibility index (Phi) is 4.29. The Hall–Kier alpha value is -1.30. The number of nitrogens with one attached hydrogen (secondary N) is 1. The van der Waals surface area contributed by atoms with Gasteiger partial charge in [0.25, 0.3) is 0 Å². The molecule has 1 atom stereocenters. The van der Waals surface area contributed by atoms with Crippen LogP contribution < -0.4 is 11.3 Å². The van der Waals surface area contributed by atoms with Gasteiger partial charge in [0.2, 0.25) is 0 Å². The molecular weight excluding hydrogens is 314 g/mol. The zero-order valence-corrected chi connectivity index (χ0v) is 11.8.